The van der Waals surface area contributed by atoms with E-state index in [9.17, 15) is 26.4 Å². The van der Waals surface area contributed by atoms with Gasteiger partial charge >= 0.3 is 6.18 Å². The summed E-state index contributed by atoms with van der Waals surface area (Å²) in [7, 11) is -3.63. The van der Waals surface area contributed by atoms with Crippen LogP contribution in [0.4, 0.5) is 18.9 Å². The number of likely N-dealkylation sites (N-methyl/N-ethyl adjacent to an activating group) is 1. The lowest BCUT2D eigenvalue weighted by Crippen LogP contribution is -2.48. The van der Waals surface area contributed by atoms with Crippen molar-refractivity contribution in [2.45, 2.75) is 18.0 Å². The molecule has 1 aromatic rings. The second-order valence-electron chi connectivity index (χ2n) is 6.02. The Morgan fingerprint density at radius 3 is 2.26 bits per heavy atom. The molecule has 0 saturated carbocycles. The van der Waals surface area contributed by atoms with E-state index < -0.39 is 35.3 Å². The van der Waals surface area contributed by atoms with Gasteiger partial charge < -0.3 is 15.0 Å². The van der Waals surface area contributed by atoms with E-state index in [2.05, 4.69) is 15.0 Å². The maximum atomic E-state index is 12.6. The Labute approximate surface area is 156 Å². The lowest BCUT2D eigenvalue weighted by Gasteiger charge is -2.33. The molecule has 1 amide bonds. The van der Waals surface area contributed by atoms with E-state index >= 15 is 0 Å². The van der Waals surface area contributed by atoms with Gasteiger partial charge in [0, 0.05) is 31.9 Å². The van der Waals surface area contributed by atoms with Crippen LogP contribution in [0.3, 0.4) is 0 Å². The van der Waals surface area contributed by atoms with Crippen molar-refractivity contribution in [2.24, 2.45) is 0 Å². The molecule has 2 rings (SSSR count). The van der Waals surface area contributed by atoms with Crippen LogP contribution in [0.5, 0.6) is 0 Å². The Hall–Kier alpha value is -1.69. The highest BCUT2D eigenvalue weighted by atomic mass is 32.2. The van der Waals surface area contributed by atoms with Gasteiger partial charge in [-0.2, -0.15) is 17.5 Å². The molecule has 27 heavy (non-hydrogen) atoms. The number of carbonyl (C=O) groups excluding carboxylic acids is 1. The molecule has 1 N–H and O–H groups in total. The molecule has 0 bridgehead atoms. The second kappa shape index (κ2) is 9.00. The van der Waals surface area contributed by atoms with Gasteiger partial charge in [-0.3, -0.25) is 4.79 Å². The van der Waals surface area contributed by atoms with Crippen LogP contribution in [0.25, 0.3) is 0 Å². The van der Waals surface area contributed by atoms with E-state index in [1.54, 1.807) is 0 Å². The molecule has 1 heterocycles. The van der Waals surface area contributed by atoms with Crippen LogP contribution < -0.4 is 5.32 Å². The van der Waals surface area contributed by atoms with Crippen molar-refractivity contribution < 1.29 is 31.1 Å². The highest BCUT2D eigenvalue weighted by Crippen LogP contribution is 2.20. The third-order valence-electron chi connectivity index (χ3n) is 4.05. The molecule has 1 aliphatic rings. The van der Waals surface area contributed by atoms with Crippen LogP contribution in [0, 0.1) is 0 Å². The van der Waals surface area contributed by atoms with Crippen molar-refractivity contribution in [3.63, 3.8) is 0 Å². The molecule has 0 radical (unpaired) electrons. The molecule has 0 aromatic heterocycles. The fraction of sp³-hybridized carbons (Fsp3) is 0.562. The highest BCUT2D eigenvalue weighted by Gasteiger charge is 2.29. The molecule has 1 saturated heterocycles. The topological polar surface area (TPSA) is 79.0 Å². The minimum absolute atomic E-state index is 0.0961. The van der Waals surface area contributed by atoms with Gasteiger partial charge in [0.05, 0.1) is 4.90 Å². The van der Waals surface area contributed by atoms with Gasteiger partial charge in [0.2, 0.25) is 15.9 Å². The Balaban J connectivity index is 1.91. The molecular formula is C16H22F3N3O4S. The number of piperazine rings is 1. The molecule has 7 nitrogen and oxygen atoms in total. The minimum Gasteiger partial charge on any atom is -0.362 e. The summed E-state index contributed by atoms with van der Waals surface area (Å²) in [4.78, 5) is 13.8. The number of alkyl halides is 3. The number of sulfonamides is 1. The van der Waals surface area contributed by atoms with Crippen LogP contribution in [-0.2, 0) is 19.6 Å². The highest BCUT2D eigenvalue weighted by molar-refractivity contribution is 7.89. The fourth-order valence-electron chi connectivity index (χ4n) is 2.60. The average molecular weight is 409 g/mol. The number of amides is 1. The number of hydrogen-bond acceptors (Lipinski definition) is 5. The van der Waals surface area contributed by atoms with Crippen molar-refractivity contribution in [3.05, 3.63) is 24.3 Å². The maximum absolute atomic E-state index is 12.6. The van der Waals surface area contributed by atoms with E-state index in [-0.39, 0.29) is 10.6 Å². The number of hydrogen-bond donors (Lipinski definition) is 1. The Kier molecular flexibility index (Phi) is 7.20. The first-order chi connectivity index (χ1) is 12.6. The standard InChI is InChI=1S/C16H22F3N3O4S/c1-2-21-7-9-22(10-8-21)27(24,25)14-5-3-13(4-6-14)20-15(23)11-26-12-16(17,18)19/h3-6H,2,7-12H2,1H3,(H,20,23). The molecule has 0 unspecified atom stereocenters. The van der Waals surface area contributed by atoms with Crippen LogP contribution in [0.15, 0.2) is 29.2 Å². The first-order valence-corrected chi connectivity index (χ1v) is 9.83. The molecule has 0 spiro atoms. The first kappa shape index (κ1) is 21.6. The van der Waals surface area contributed by atoms with Crippen LogP contribution >= 0.6 is 0 Å². The van der Waals surface area contributed by atoms with E-state index in [0.717, 1.165) is 6.54 Å². The number of nitrogens with one attached hydrogen (secondary N) is 1. The summed E-state index contributed by atoms with van der Waals surface area (Å²) < 4.78 is 66.9. The van der Waals surface area contributed by atoms with E-state index in [1.165, 1.54) is 28.6 Å². The summed E-state index contributed by atoms with van der Waals surface area (Å²) in [5.41, 5.74) is 0.269. The van der Waals surface area contributed by atoms with Crippen LogP contribution in [-0.4, -0.2) is 75.6 Å². The third kappa shape index (κ3) is 6.45. The molecule has 1 aliphatic heterocycles. The van der Waals surface area contributed by atoms with Crippen LogP contribution in [0.1, 0.15) is 6.92 Å². The number of ether oxygens (including phenoxy) is 1. The van der Waals surface area contributed by atoms with Gasteiger partial charge in [-0.1, -0.05) is 6.92 Å². The van der Waals surface area contributed by atoms with E-state index in [4.69, 9.17) is 0 Å². The smallest absolute Gasteiger partial charge is 0.362 e. The molecule has 0 aliphatic carbocycles. The predicted octanol–water partition coefficient (Wildman–Crippen LogP) is 1.53. The van der Waals surface area contributed by atoms with Crippen molar-refractivity contribution in [1.29, 1.82) is 0 Å². The molecule has 152 valence electrons. The number of nitrogens with zero attached hydrogens (tertiary/aromatic N) is 2. The first-order valence-electron chi connectivity index (χ1n) is 8.39. The zero-order valence-corrected chi connectivity index (χ0v) is 15.6. The van der Waals surface area contributed by atoms with Gasteiger partial charge in [0.15, 0.2) is 0 Å². The zero-order chi connectivity index (χ0) is 20.1. The largest absolute Gasteiger partial charge is 0.411 e. The van der Waals surface area contributed by atoms with Gasteiger partial charge in [0.1, 0.15) is 13.2 Å². The quantitative estimate of drug-likeness (QED) is 0.739. The van der Waals surface area contributed by atoms with Crippen molar-refractivity contribution in [1.82, 2.24) is 9.21 Å². The van der Waals surface area contributed by atoms with Gasteiger partial charge in [-0.25, -0.2) is 8.42 Å². The summed E-state index contributed by atoms with van der Waals surface area (Å²) in [5, 5.41) is 2.35. The lowest BCUT2D eigenvalue weighted by atomic mass is 10.3. The molecule has 1 fully saturated rings. The van der Waals surface area contributed by atoms with Gasteiger partial charge in [-0.15, -0.1) is 0 Å². The molecule has 1 aromatic carbocycles. The van der Waals surface area contributed by atoms with Crippen molar-refractivity contribution in [2.75, 3.05) is 51.3 Å². The molecule has 11 heteroatoms. The number of carbonyl (C=O) groups is 1. The van der Waals surface area contributed by atoms with Crippen molar-refractivity contribution >= 4 is 21.6 Å². The SMILES string of the molecule is CCN1CCN(S(=O)(=O)c2ccc(NC(=O)COCC(F)(F)F)cc2)CC1. The lowest BCUT2D eigenvalue weighted by molar-refractivity contribution is -0.174. The maximum Gasteiger partial charge on any atom is 0.411 e. The molecule has 0 atom stereocenters. The minimum atomic E-state index is -4.50. The van der Waals surface area contributed by atoms with Gasteiger partial charge in [0.25, 0.3) is 0 Å². The Bertz CT molecular complexity index is 730. The monoisotopic (exact) mass is 409 g/mol. The fourth-order valence-corrected chi connectivity index (χ4v) is 4.02. The summed E-state index contributed by atoms with van der Waals surface area (Å²) >= 11 is 0. The second-order valence-corrected chi connectivity index (χ2v) is 7.96. The average Bonchev–Trinajstić information content (AvgIpc) is 2.61. The Morgan fingerprint density at radius 2 is 1.74 bits per heavy atom. The van der Waals surface area contributed by atoms with Crippen LogP contribution in [0.2, 0.25) is 0 Å². The third-order valence-corrected chi connectivity index (χ3v) is 5.97. The summed E-state index contributed by atoms with van der Waals surface area (Å²) in [5.74, 6) is -0.759. The normalized spacial score (nSPS) is 17.0. The molecular weight excluding hydrogens is 387 g/mol. The van der Waals surface area contributed by atoms with E-state index in [0.29, 0.717) is 26.2 Å². The predicted molar refractivity (Wildman–Crippen MR) is 92.8 cm³/mol. The zero-order valence-electron chi connectivity index (χ0n) is 14.8. The summed E-state index contributed by atoms with van der Waals surface area (Å²) in [6, 6.07) is 5.48. The summed E-state index contributed by atoms with van der Waals surface area (Å²) in [6.07, 6.45) is -4.50. The summed E-state index contributed by atoms with van der Waals surface area (Å²) in [6.45, 7) is 2.78. The van der Waals surface area contributed by atoms with Crippen molar-refractivity contribution in [3.8, 4) is 0 Å². The van der Waals surface area contributed by atoms with E-state index in [1.807, 2.05) is 6.92 Å². The number of anilines is 1. The number of halogens is 3. The van der Waals surface area contributed by atoms with Gasteiger partial charge in [-0.05, 0) is 30.8 Å². The number of benzene rings is 1. The Morgan fingerprint density at radius 1 is 1.15 bits per heavy atom. The number of rotatable bonds is 7.